The van der Waals surface area contributed by atoms with Gasteiger partial charge < -0.3 is 0 Å². The molecule has 1 aromatic carbocycles. The van der Waals surface area contributed by atoms with Crippen LogP contribution < -0.4 is 0 Å². The SMILES string of the molecule is CC1(C)C[C@H]2C[C@](C)(CN2S(=O)(=O)c2cccc(Cl)c2Cl)C1. The summed E-state index contributed by atoms with van der Waals surface area (Å²) in [6, 6.07) is 4.83. The van der Waals surface area contributed by atoms with E-state index in [1.807, 2.05) is 0 Å². The van der Waals surface area contributed by atoms with Crippen molar-refractivity contribution in [2.24, 2.45) is 10.8 Å². The molecule has 2 aliphatic rings. The Morgan fingerprint density at radius 1 is 1.18 bits per heavy atom. The standard InChI is InChI=1S/C16H21Cl2NO2S/c1-15(2)7-11-8-16(3,9-15)10-19(11)22(20,21)13-6-4-5-12(17)14(13)18/h4-6,11H,7-10H2,1-3H3/t11-,16-/m0/s1. The highest BCUT2D eigenvalue weighted by atomic mass is 35.5. The number of rotatable bonds is 2. The predicted octanol–water partition coefficient (Wildman–Crippen LogP) is 4.58. The Hall–Kier alpha value is -0.290. The molecule has 0 radical (unpaired) electrons. The van der Waals surface area contributed by atoms with Crippen LogP contribution in [0.15, 0.2) is 23.1 Å². The van der Waals surface area contributed by atoms with Crippen molar-refractivity contribution in [2.75, 3.05) is 6.54 Å². The van der Waals surface area contributed by atoms with Crippen LogP contribution in [0.25, 0.3) is 0 Å². The van der Waals surface area contributed by atoms with E-state index >= 15 is 0 Å². The van der Waals surface area contributed by atoms with Gasteiger partial charge in [0.1, 0.15) is 4.90 Å². The van der Waals surface area contributed by atoms with Gasteiger partial charge in [-0.25, -0.2) is 8.42 Å². The molecule has 1 aliphatic heterocycles. The third-order valence-corrected chi connectivity index (χ3v) is 7.74. The van der Waals surface area contributed by atoms with Gasteiger partial charge in [-0.2, -0.15) is 4.31 Å². The van der Waals surface area contributed by atoms with Crippen molar-refractivity contribution in [3.8, 4) is 0 Å². The number of halogens is 2. The number of hydrogen-bond donors (Lipinski definition) is 0. The lowest BCUT2D eigenvalue weighted by Crippen LogP contribution is -2.37. The maximum Gasteiger partial charge on any atom is 0.244 e. The van der Waals surface area contributed by atoms with Crippen LogP contribution >= 0.6 is 23.2 Å². The molecule has 3 rings (SSSR count). The van der Waals surface area contributed by atoms with E-state index in [2.05, 4.69) is 20.8 Å². The monoisotopic (exact) mass is 361 g/mol. The molecular weight excluding hydrogens is 341 g/mol. The minimum atomic E-state index is -3.62. The van der Waals surface area contributed by atoms with Crippen LogP contribution in [0.5, 0.6) is 0 Å². The fourth-order valence-electron chi connectivity index (χ4n) is 4.50. The van der Waals surface area contributed by atoms with Crippen LogP contribution in [-0.4, -0.2) is 25.3 Å². The molecule has 22 heavy (non-hydrogen) atoms. The lowest BCUT2D eigenvalue weighted by Gasteiger charge is -2.39. The van der Waals surface area contributed by atoms with Crippen LogP contribution in [-0.2, 0) is 10.0 Å². The molecular formula is C16H21Cl2NO2S. The van der Waals surface area contributed by atoms with E-state index in [4.69, 9.17) is 23.2 Å². The summed E-state index contributed by atoms with van der Waals surface area (Å²) in [6.07, 6.45) is 2.86. The van der Waals surface area contributed by atoms with E-state index in [1.54, 1.807) is 22.5 Å². The van der Waals surface area contributed by atoms with Crippen LogP contribution in [0.2, 0.25) is 10.0 Å². The molecule has 1 aromatic rings. The highest BCUT2D eigenvalue weighted by Gasteiger charge is 2.53. The first kappa shape index (κ1) is 16.6. The summed E-state index contributed by atoms with van der Waals surface area (Å²) in [5.74, 6) is 0. The zero-order valence-corrected chi connectivity index (χ0v) is 15.4. The average molecular weight is 362 g/mol. The van der Waals surface area contributed by atoms with Gasteiger partial charge in [-0.1, -0.05) is 50.0 Å². The normalized spacial score (nSPS) is 31.4. The Kier molecular flexibility index (Phi) is 3.84. The molecule has 0 unspecified atom stereocenters. The Balaban J connectivity index is 2.03. The third kappa shape index (κ3) is 2.68. The van der Waals surface area contributed by atoms with Crippen molar-refractivity contribution in [3.05, 3.63) is 28.2 Å². The molecule has 3 nitrogen and oxygen atoms in total. The van der Waals surface area contributed by atoms with Crippen LogP contribution in [0.1, 0.15) is 40.0 Å². The summed E-state index contributed by atoms with van der Waals surface area (Å²) in [5, 5.41) is 0.395. The first-order valence-electron chi connectivity index (χ1n) is 7.50. The summed E-state index contributed by atoms with van der Waals surface area (Å²) < 4.78 is 27.8. The molecule has 2 bridgehead atoms. The van der Waals surface area contributed by atoms with E-state index in [0.29, 0.717) is 6.54 Å². The topological polar surface area (TPSA) is 37.4 Å². The van der Waals surface area contributed by atoms with Gasteiger partial charge in [-0.3, -0.25) is 0 Å². The van der Waals surface area contributed by atoms with Gasteiger partial charge in [0.15, 0.2) is 0 Å². The van der Waals surface area contributed by atoms with Gasteiger partial charge >= 0.3 is 0 Å². The molecule has 1 heterocycles. The second-order valence-corrected chi connectivity index (χ2v) is 10.5. The first-order chi connectivity index (χ1) is 10.0. The van der Waals surface area contributed by atoms with Crippen LogP contribution in [0.4, 0.5) is 0 Å². The van der Waals surface area contributed by atoms with Gasteiger partial charge in [-0.15, -0.1) is 0 Å². The molecule has 6 heteroatoms. The third-order valence-electron chi connectivity index (χ3n) is 4.87. The molecule has 2 fully saturated rings. The molecule has 0 spiro atoms. The van der Waals surface area contributed by atoms with Crippen molar-refractivity contribution in [1.82, 2.24) is 4.31 Å². The fraction of sp³-hybridized carbons (Fsp3) is 0.625. The van der Waals surface area contributed by atoms with Gasteiger partial charge in [0.2, 0.25) is 10.0 Å². The Morgan fingerprint density at radius 2 is 1.86 bits per heavy atom. The summed E-state index contributed by atoms with van der Waals surface area (Å²) in [6.45, 7) is 7.20. The van der Waals surface area contributed by atoms with E-state index in [1.165, 1.54) is 0 Å². The quantitative estimate of drug-likeness (QED) is 0.772. The number of sulfonamides is 1. The summed E-state index contributed by atoms with van der Waals surface area (Å²) >= 11 is 12.1. The molecule has 0 amide bonds. The Bertz CT molecular complexity index is 717. The van der Waals surface area contributed by atoms with Crippen molar-refractivity contribution in [3.63, 3.8) is 0 Å². The number of benzene rings is 1. The van der Waals surface area contributed by atoms with E-state index in [9.17, 15) is 8.42 Å². The van der Waals surface area contributed by atoms with Gasteiger partial charge in [0.05, 0.1) is 10.0 Å². The largest absolute Gasteiger partial charge is 0.244 e. The van der Waals surface area contributed by atoms with Crippen molar-refractivity contribution in [1.29, 1.82) is 0 Å². The second-order valence-electron chi connectivity index (χ2n) is 7.82. The average Bonchev–Trinajstić information content (AvgIpc) is 2.62. The molecule has 2 atom stereocenters. The zero-order chi connectivity index (χ0) is 16.3. The number of nitrogens with zero attached hydrogens (tertiary/aromatic N) is 1. The van der Waals surface area contributed by atoms with E-state index in [-0.39, 0.29) is 31.8 Å². The Labute approximate surface area is 142 Å². The lowest BCUT2D eigenvalue weighted by molar-refractivity contribution is 0.133. The maximum atomic E-state index is 13.1. The molecule has 122 valence electrons. The van der Waals surface area contributed by atoms with Crippen LogP contribution in [0, 0.1) is 10.8 Å². The van der Waals surface area contributed by atoms with E-state index < -0.39 is 10.0 Å². The number of fused-ring (bicyclic) bond motifs is 2. The maximum absolute atomic E-state index is 13.1. The number of hydrogen-bond acceptors (Lipinski definition) is 2. The molecule has 0 aromatic heterocycles. The highest BCUT2D eigenvalue weighted by Crippen LogP contribution is 2.54. The van der Waals surface area contributed by atoms with Gasteiger partial charge in [0, 0.05) is 12.6 Å². The first-order valence-corrected chi connectivity index (χ1v) is 9.70. The summed E-state index contributed by atoms with van der Waals surface area (Å²) in [5.41, 5.74) is 0.213. The smallest absolute Gasteiger partial charge is 0.207 e. The lowest BCUT2D eigenvalue weighted by atomic mass is 9.65. The predicted molar refractivity (Wildman–Crippen MR) is 89.9 cm³/mol. The van der Waals surface area contributed by atoms with Crippen LogP contribution in [0.3, 0.4) is 0 Å². The second kappa shape index (κ2) is 5.10. The van der Waals surface area contributed by atoms with Gasteiger partial charge in [-0.05, 0) is 42.2 Å². The molecule has 1 aliphatic carbocycles. The fourth-order valence-corrected chi connectivity index (χ4v) is 7.01. The minimum Gasteiger partial charge on any atom is -0.207 e. The molecule has 0 N–H and O–H groups in total. The molecule has 1 saturated heterocycles. The molecule has 1 saturated carbocycles. The van der Waals surface area contributed by atoms with Crippen molar-refractivity contribution in [2.45, 2.75) is 51.0 Å². The van der Waals surface area contributed by atoms with Crippen molar-refractivity contribution < 1.29 is 8.42 Å². The van der Waals surface area contributed by atoms with Crippen molar-refractivity contribution >= 4 is 33.2 Å². The summed E-state index contributed by atoms with van der Waals surface area (Å²) in [7, 11) is -3.62. The van der Waals surface area contributed by atoms with Gasteiger partial charge in [0.25, 0.3) is 0 Å². The summed E-state index contributed by atoms with van der Waals surface area (Å²) in [4.78, 5) is 0.121. The van der Waals surface area contributed by atoms with E-state index in [0.717, 1.165) is 19.3 Å². The minimum absolute atomic E-state index is 0.0462. The highest BCUT2D eigenvalue weighted by molar-refractivity contribution is 7.89. The Morgan fingerprint density at radius 3 is 2.55 bits per heavy atom. The zero-order valence-electron chi connectivity index (χ0n) is 13.1.